The summed E-state index contributed by atoms with van der Waals surface area (Å²) in [6, 6.07) is 12.8. The lowest BCUT2D eigenvalue weighted by atomic mass is 10.2. The number of amides is 1. The highest BCUT2D eigenvalue weighted by Crippen LogP contribution is 2.33. The van der Waals surface area contributed by atoms with Crippen molar-refractivity contribution in [1.82, 2.24) is 5.32 Å². The van der Waals surface area contributed by atoms with Crippen LogP contribution in [0.25, 0.3) is 6.08 Å². The van der Waals surface area contributed by atoms with Gasteiger partial charge in [0.15, 0.2) is 22.8 Å². The molecule has 3 rings (SSSR count). The molecule has 1 atom stereocenters. The second-order valence-electron chi connectivity index (χ2n) is 6.55. The molecule has 1 aliphatic rings. The highest BCUT2D eigenvalue weighted by molar-refractivity contribution is 8.18. The van der Waals surface area contributed by atoms with E-state index >= 15 is 0 Å². The number of aryl methyl sites for hydroxylation is 1. The minimum absolute atomic E-state index is 0.233. The van der Waals surface area contributed by atoms with Crippen molar-refractivity contribution >= 4 is 40.6 Å². The van der Waals surface area contributed by atoms with E-state index in [0.29, 0.717) is 28.2 Å². The first kappa shape index (κ1) is 21.4. The van der Waals surface area contributed by atoms with Crippen LogP contribution in [0.1, 0.15) is 25.0 Å². The Morgan fingerprint density at radius 2 is 1.97 bits per heavy atom. The fourth-order valence-corrected chi connectivity index (χ4v) is 3.43. The SMILES string of the molecule is CCOc1cc(/C=C2/SC(=Nc3ccc(C)cc3)NC2=O)ccc1OC(C)C(=O)O. The molecule has 1 heterocycles. The number of carbonyl (C=O) groups is 2. The lowest BCUT2D eigenvalue weighted by Crippen LogP contribution is -2.23. The molecule has 0 radical (unpaired) electrons. The lowest BCUT2D eigenvalue weighted by Gasteiger charge is -2.15. The third-order valence-corrected chi connectivity index (χ3v) is 5.04. The molecule has 30 heavy (non-hydrogen) atoms. The highest BCUT2D eigenvalue weighted by Gasteiger charge is 2.24. The van der Waals surface area contributed by atoms with Crippen molar-refractivity contribution < 1.29 is 24.2 Å². The highest BCUT2D eigenvalue weighted by atomic mass is 32.2. The number of carboxylic acids is 1. The Balaban J connectivity index is 1.81. The van der Waals surface area contributed by atoms with Crippen molar-refractivity contribution in [2.24, 2.45) is 4.99 Å². The number of thioether (sulfide) groups is 1. The smallest absolute Gasteiger partial charge is 0.344 e. The lowest BCUT2D eigenvalue weighted by molar-refractivity contribution is -0.144. The molecule has 2 aromatic carbocycles. The summed E-state index contributed by atoms with van der Waals surface area (Å²) >= 11 is 1.25. The van der Waals surface area contributed by atoms with Crippen LogP contribution in [0.15, 0.2) is 52.4 Å². The van der Waals surface area contributed by atoms with E-state index in [1.165, 1.54) is 18.7 Å². The summed E-state index contributed by atoms with van der Waals surface area (Å²) in [7, 11) is 0. The molecule has 1 amide bonds. The normalized spacial score (nSPS) is 17.1. The van der Waals surface area contributed by atoms with Gasteiger partial charge in [0.1, 0.15) is 0 Å². The monoisotopic (exact) mass is 426 g/mol. The molecule has 1 saturated heterocycles. The minimum Gasteiger partial charge on any atom is -0.490 e. The first-order valence-corrected chi connectivity index (χ1v) is 10.2. The van der Waals surface area contributed by atoms with Gasteiger partial charge in [0.25, 0.3) is 5.91 Å². The van der Waals surface area contributed by atoms with E-state index in [1.54, 1.807) is 24.3 Å². The molecular formula is C22H22N2O5S. The number of rotatable bonds is 7. The molecule has 2 aromatic rings. The van der Waals surface area contributed by atoms with E-state index in [2.05, 4.69) is 10.3 Å². The van der Waals surface area contributed by atoms with Crippen molar-refractivity contribution in [3.63, 3.8) is 0 Å². The summed E-state index contributed by atoms with van der Waals surface area (Å²) in [6.45, 7) is 5.66. The van der Waals surface area contributed by atoms with Gasteiger partial charge in [0.05, 0.1) is 17.2 Å². The molecule has 0 saturated carbocycles. The zero-order valence-corrected chi connectivity index (χ0v) is 17.7. The zero-order chi connectivity index (χ0) is 21.7. The molecule has 156 valence electrons. The molecule has 1 unspecified atom stereocenters. The molecule has 0 spiro atoms. The molecule has 0 aliphatic carbocycles. The number of nitrogens with zero attached hydrogens (tertiary/aromatic N) is 1. The molecule has 0 aromatic heterocycles. The number of benzene rings is 2. The van der Waals surface area contributed by atoms with Gasteiger partial charge in [-0.2, -0.15) is 0 Å². The summed E-state index contributed by atoms with van der Waals surface area (Å²) in [4.78, 5) is 28.3. The van der Waals surface area contributed by atoms with Gasteiger partial charge in [-0.1, -0.05) is 23.8 Å². The molecule has 1 aliphatic heterocycles. The van der Waals surface area contributed by atoms with Crippen LogP contribution >= 0.6 is 11.8 Å². The fraction of sp³-hybridized carbons (Fsp3) is 0.227. The van der Waals surface area contributed by atoms with Gasteiger partial charge < -0.3 is 19.9 Å². The van der Waals surface area contributed by atoms with E-state index in [4.69, 9.17) is 14.6 Å². The quantitative estimate of drug-likeness (QED) is 0.646. The number of hydrogen-bond donors (Lipinski definition) is 2. The van der Waals surface area contributed by atoms with Crippen molar-refractivity contribution in [2.75, 3.05) is 6.61 Å². The van der Waals surface area contributed by atoms with Crippen LogP contribution in [0.5, 0.6) is 11.5 Å². The van der Waals surface area contributed by atoms with Crippen LogP contribution in [0.3, 0.4) is 0 Å². The predicted octanol–water partition coefficient (Wildman–Crippen LogP) is 4.14. The summed E-state index contributed by atoms with van der Waals surface area (Å²) in [5.74, 6) is -0.553. The number of ether oxygens (including phenoxy) is 2. The third kappa shape index (κ3) is 5.42. The Morgan fingerprint density at radius 3 is 2.63 bits per heavy atom. The summed E-state index contributed by atoms with van der Waals surface area (Å²) in [5.41, 5.74) is 2.62. The van der Waals surface area contributed by atoms with Crippen LogP contribution in [0, 0.1) is 6.92 Å². The zero-order valence-electron chi connectivity index (χ0n) is 16.8. The number of aliphatic carboxylic acids is 1. The van der Waals surface area contributed by atoms with Crippen LogP contribution < -0.4 is 14.8 Å². The van der Waals surface area contributed by atoms with Crippen molar-refractivity contribution in [3.05, 3.63) is 58.5 Å². The van der Waals surface area contributed by atoms with E-state index in [0.717, 1.165) is 16.8 Å². The van der Waals surface area contributed by atoms with Gasteiger partial charge in [0, 0.05) is 0 Å². The summed E-state index contributed by atoms with van der Waals surface area (Å²) in [5, 5.41) is 12.3. The van der Waals surface area contributed by atoms with Gasteiger partial charge in [-0.25, -0.2) is 9.79 Å². The van der Waals surface area contributed by atoms with Gasteiger partial charge in [0.2, 0.25) is 0 Å². The van der Waals surface area contributed by atoms with Crippen LogP contribution in [-0.2, 0) is 9.59 Å². The first-order valence-electron chi connectivity index (χ1n) is 9.38. The second-order valence-corrected chi connectivity index (χ2v) is 7.59. The van der Waals surface area contributed by atoms with E-state index in [-0.39, 0.29) is 5.91 Å². The number of carboxylic acid groups (broad SMARTS) is 1. The predicted molar refractivity (Wildman–Crippen MR) is 117 cm³/mol. The molecule has 0 bridgehead atoms. The summed E-state index contributed by atoms with van der Waals surface area (Å²) in [6.07, 6.45) is 0.718. The topological polar surface area (TPSA) is 97.2 Å². The van der Waals surface area contributed by atoms with Crippen LogP contribution in [-0.4, -0.2) is 34.9 Å². The fourth-order valence-electron chi connectivity index (χ4n) is 2.59. The van der Waals surface area contributed by atoms with Crippen molar-refractivity contribution in [1.29, 1.82) is 0 Å². The van der Waals surface area contributed by atoms with Crippen molar-refractivity contribution in [3.8, 4) is 11.5 Å². The molecule has 1 fully saturated rings. The molecule has 8 heteroatoms. The maximum absolute atomic E-state index is 12.3. The van der Waals surface area contributed by atoms with Crippen LogP contribution in [0.2, 0.25) is 0 Å². The Bertz CT molecular complexity index is 1010. The standard InChI is InChI=1S/C22H22N2O5S/c1-4-28-18-11-15(7-10-17(18)29-14(3)21(26)27)12-19-20(25)24-22(30-19)23-16-8-5-13(2)6-9-16/h5-12,14H,4H2,1-3H3,(H,26,27)(H,23,24,25)/b19-12+. The number of nitrogens with one attached hydrogen (secondary N) is 1. The number of aliphatic imine (C=N–C) groups is 1. The molecule has 2 N–H and O–H groups in total. The average Bonchev–Trinajstić information content (AvgIpc) is 3.04. The number of amidine groups is 1. The Morgan fingerprint density at radius 1 is 1.23 bits per heavy atom. The van der Waals surface area contributed by atoms with Crippen LogP contribution in [0.4, 0.5) is 5.69 Å². The summed E-state index contributed by atoms with van der Waals surface area (Å²) < 4.78 is 11.0. The maximum Gasteiger partial charge on any atom is 0.344 e. The van der Waals surface area contributed by atoms with Crippen molar-refractivity contribution in [2.45, 2.75) is 26.9 Å². The van der Waals surface area contributed by atoms with Gasteiger partial charge in [-0.3, -0.25) is 4.79 Å². The largest absolute Gasteiger partial charge is 0.490 e. The minimum atomic E-state index is -1.07. The van der Waals surface area contributed by atoms with Gasteiger partial charge >= 0.3 is 5.97 Å². The second kappa shape index (κ2) is 9.49. The number of hydrogen-bond acceptors (Lipinski definition) is 6. The maximum atomic E-state index is 12.3. The molecule has 7 nitrogen and oxygen atoms in total. The van der Waals surface area contributed by atoms with E-state index in [1.807, 2.05) is 38.1 Å². The third-order valence-electron chi connectivity index (χ3n) is 4.13. The first-order chi connectivity index (χ1) is 14.4. The Kier molecular flexibility index (Phi) is 6.79. The Labute approximate surface area is 178 Å². The molecular weight excluding hydrogens is 404 g/mol. The van der Waals surface area contributed by atoms with E-state index in [9.17, 15) is 9.59 Å². The van der Waals surface area contributed by atoms with E-state index < -0.39 is 12.1 Å². The van der Waals surface area contributed by atoms with Gasteiger partial charge in [-0.15, -0.1) is 0 Å². The average molecular weight is 426 g/mol. The number of carbonyl (C=O) groups excluding carboxylic acids is 1. The van der Waals surface area contributed by atoms with Gasteiger partial charge in [-0.05, 0) is 68.4 Å². The Hall–Kier alpha value is -3.26.